The molecule has 1 aliphatic rings. The van der Waals surface area contributed by atoms with E-state index in [2.05, 4.69) is 15.2 Å². The van der Waals surface area contributed by atoms with Crippen LogP contribution < -0.4 is 5.32 Å². The minimum absolute atomic E-state index is 0.0170. The smallest absolute Gasteiger partial charge is 0.317 e. The minimum Gasteiger partial charge on any atom is -0.385 e. The molecule has 0 aromatic carbocycles. The highest BCUT2D eigenvalue weighted by atomic mass is 16.5. The molecule has 21 heavy (non-hydrogen) atoms. The third kappa shape index (κ3) is 5.32. The summed E-state index contributed by atoms with van der Waals surface area (Å²) in [6, 6.07) is 3.84. The molecule has 2 rings (SSSR count). The lowest BCUT2D eigenvalue weighted by Gasteiger charge is -2.34. The molecular formula is C15H24N4O2. The van der Waals surface area contributed by atoms with Gasteiger partial charge in [0.15, 0.2) is 0 Å². The highest BCUT2D eigenvalue weighted by Crippen LogP contribution is 2.04. The van der Waals surface area contributed by atoms with Crippen LogP contribution >= 0.6 is 0 Å². The molecule has 1 aromatic heterocycles. The predicted molar refractivity (Wildman–Crippen MR) is 81.0 cm³/mol. The Morgan fingerprint density at radius 1 is 1.29 bits per heavy atom. The van der Waals surface area contributed by atoms with Crippen LogP contribution in [0.4, 0.5) is 4.79 Å². The molecule has 1 N–H and O–H groups in total. The van der Waals surface area contributed by atoms with E-state index in [1.807, 2.05) is 17.0 Å². The third-order valence-electron chi connectivity index (χ3n) is 3.68. The molecule has 0 radical (unpaired) electrons. The van der Waals surface area contributed by atoms with Crippen LogP contribution in [0.25, 0.3) is 0 Å². The maximum Gasteiger partial charge on any atom is 0.317 e. The molecule has 0 saturated carbocycles. The fraction of sp³-hybridized carbons (Fsp3) is 0.600. The zero-order valence-corrected chi connectivity index (χ0v) is 12.6. The van der Waals surface area contributed by atoms with Gasteiger partial charge in [-0.15, -0.1) is 0 Å². The SMILES string of the molecule is COCCCN1CCN(C(=O)NCc2ccncc2)CC1. The Morgan fingerprint density at radius 3 is 2.67 bits per heavy atom. The number of nitrogens with one attached hydrogen (secondary N) is 1. The minimum atomic E-state index is 0.0170. The van der Waals surface area contributed by atoms with Crippen LogP contribution in [0.2, 0.25) is 0 Å². The van der Waals surface area contributed by atoms with E-state index in [4.69, 9.17) is 4.74 Å². The number of rotatable bonds is 6. The van der Waals surface area contributed by atoms with Gasteiger partial charge in [0.2, 0.25) is 0 Å². The second-order valence-corrected chi connectivity index (χ2v) is 5.19. The summed E-state index contributed by atoms with van der Waals surface area (Å²) in [6.07, 6.45) is 4.52. The van der Waals surface area contributed by atoms with Crippen molar-refractivity contribution < 1.29 is 9.53 Å². The molecule has 1 saturated heterocycles. The van der Waals surface area contributed by atoms with Crippen molar-refractivity contribution in [3.63, 3.8) is 0 Å². The number of piperazine rings is 1. The number of carbonyl (C=O) groups excluding carboxylic acids is 1. The number of aromatic nitrogens is 1. The summed E-state index contributed by atoms with van der Waals surface area (Å²) < 4.78 is 5.06. The van der Waals surface area contributed by atoms with Crippen molar-refractivity contribution in [1.29, 1.82) is 0 Å². The van der Waals surface area contributed by atoms with Crippen molar-refractivity contribution in [1.82, 2.24) is 20.1 Å². The van der Waals surface area contributed by atoms with Gasteiger partial charge in [0.25, 0.3) is 0 Å². The number of pyridine rings is 1. The average Bonchev–Trinajstić information content (AvgIpc) is 2.54. The number of hydrogen-bond acceptors (Lipinski definition) is 4. The van der Waals surface area contributed by atoms with Gasteiger partial charge in [-0.3, -0.25) is 9.88 Å². The quantitative estimate of drug-likeness (QED) is 0.793. The molecule has 0 spiro atoms. The van der Waals surface area contributed by atoms with Gasteiger partial charge in [0.05, 0.1) is 0 Å². The fourth-order valence-corrected chi connectivity index (χ4v) is 2.40. The summed E-state index contributed by atoms with van der Waals surface area (Å²) in [6.45, 7) is 5.84. The molecular weight excluding hydrogens is 268 g/mol. The van der Waals surface area contributed by atoms with E-state index in [0.717, 1.165) is 51.3 Å². The Kier molecular flexibility index (Phi) is 6.43. The molecule has 0 aliphatic carbocycles. The van der Waals surface area contributed by atoms with Gasteiger partial charge in [-0.2, -0.15) is 0 Å². The van der Waals surface area contributed by atoms with Crippen LogP contribution in [0.3, 0.4) is 0 Å². The van der Waals surface area contributed by atoms with E-state index in [0.29, 0.717) is 6.54 Å². The Hall–Kier alpha value is -1.66. The second-order valence-electron chi connectivity index (χ2n) is 5.19. The van der Waals surface area contributed by atoms with Crippen molar-refractivity contribution in [2.45, 2.75) is 13.0 Å². The molecule has 6 heteroatoms. The lowest BCUT2D eigenvalue weighted by atomic mass is 10.2. The second kappa shape index (κ2) is 8.59. The van der Waals surface area contributed by atoms with Gasteiger partial charge in [-0.05, 0) is 24.1 Å². The lowest BCUT2D eigenvalue weighted by molar-refractivity contribution is 0.125. The van der Waals surface area contributed by atoms with Gasteiger partial charge in [-0.25, -0.2) is 4.79 Å². The van der Waals surface area contributed by atoms with E-state index >= 15 is 0 Å². The largest absolute Gasteiger partial charge is 0.385 e. The Labute approximate surface area is 126 Å². The summed E-state index contributed by atoms with van der Waals surface area (Å²) in [5.41, 5.74) is 1.07. The maximum atomic E-state index is 12.1. The highest BCUT2D eigenvalue weighted by Gasteiger charge is 2.20. The van der Waals surface area contributed by atoms with Crippen molar-refractivity contribution in [3.05, 3.63) is 30.1 Å². The number of amides is 2. The highest BCUT2D eigenvalue weighted by molar-refractivity contribution is 5.74. The number of urea groups is 1. The summed E-state index contributed by atoms with van der Waals surface area (Å²) in [5.74, 6) is 0. The Bertz CT molecular complexity index is 419. The third-order valence-corrected chi connectivity index (χ3v) is 3.68. The standard InChI is InChI=1S/C15H24N4O2/c1-21-12-2-7-18-8-10-19(11-9-18)15(20)17-13-14-3-5-16-6-4-14/h3-6H,2,7-13H2,1H3,(H,17,20). The van der Waals surface area contributed by atoms with Crippen LogP contribution in [-0.4, -0.2) is 67.3 Å². The normalized spacial score (nSPS) is 16.0. The summed E-state index contributed by atoms with van der Waals surface area (Å²) in [7, 11) is 1.73. The van der Waals surface area contributed by atoms with Gasteiger partial charge in [0, 0.05) is 65.4 Å². The van der Waals surface area contributed by atoms with E-state index in [-0.39, 0.29) is 6.03 Å². The van der Waals surface area contributed by atoms with Crippen LogP contribution in [0.1, 0.15) is 12.0 Å². The predicted octanol–water partition coefficient (Wildman–Crippen LogP) is 0.945. The summed E-state index contributed by atoms with van der Waals surface area (Å²) in [5, 5.41) is 2.96. The molecule has 116 valence electrons. The number of hydrogen-bond donors (Lipinski definition) is 1. The first-order valence-electron chi connectivity index (χ1n) is 7.42. The fourth-order valence-electron chi connectivity index (χ4n) is 2.40. The van der Waals surface area contributed by atoms with E-state index in [1.165, 1.54) is 0 Å². The monoisotopic (exact) mass is 292 g/mol. The first-order chi connectivity index (χ1) is 10.3. The van der Waals surface area contributed by atoms with Crippen LogP contribution in [-0.2, 0) is 11.3 Å². The first-order valence-corrected chi connectivity index (χ1v) is 7.42. The maximum absolute atomic E-state index is 12.1. The lowest BCUT2D eigenvalue weighted by Crippen LogP contribution is -2.51. The Morgan fingerprint density at radius 2 is 2.00 bits per heavy atom. The van der Waals surface area contributed by atoms with Crippen LogP contribution in [0.15, 0.2) is 24.5 Å². The van der Waals surface area contributed by atoms with Crippen molar-refractivity contribution in [2.75, 3.05) is 46.4 Å². The first kappa shape index (κ1) is 15.7. The number of ether oxygens (including phenoxy) is 1. The molecule has 2 amide bonds. The molecule has 2 heterocycles. The van der Waals surface area contributed by atoms with E-state index in [1.54, 1.807) is 19.5 Å². The van der Waals surface area contributed by atoms with E-state index in [9.17, 15) is 4.79 Å². The van der Waals surface area contributed by atoms with Crippen molar-refractivity contribution in [3.8, 4) is 0 Å². The van der Waals surface area contributed by atoms with Gasteiger partial charge >= 0.3 is 6.03 Å². The molecule has 0 unspecified atom stereocenters. The number of methoxy groups -OCH3 is 1. The molecule has 0 bridgehead atoms. The molecule has 1 fully saturated rings. The number of nitrogens with zero attached hydrogens (tertiary/aromatic N) is 3. The van der Waals surface area contributed by atoms with Gasteiger partial charge in [0.1, 0.15) is 0 Å². The topological polar surface area (TPSA) is 57.7 Å². The zero-order valence-electron chi connectivity index (χ0n) is 12.6. The van der Waals surface area contributed by atoms with Crippen molar-refractivity contribution in [2.24, 2.45) is 0 Å². The molecule has 1 aromatic rings. The molecule has 0 atom stereocenters. The van der Waals surface area contributed by atoms with Crippen LogP contribution in [0.5, 0.6) is 0 Å². The molecule has 6 nitrogen and oxygen atoms in total. The Balaban J connectivity index is 1.66. The average molecular weight is 292 g/mol. The zero-order chi connectivity index (χ0) is 14.9. The van der Waals surface area contributed by atoms with Gasteiger partial charge in [-0.1, -0.05) is 0 Å². The summed E-state index contributed by atoms with van der Waals surface area (Å²) >= 11 is 0. The molecule has 1 aliphatic heterocycles. The van der Waals surface area contributed by atoms with E-state index < -0.39 is 0 Å². The van der Waals surface area contributed by atoms with Crippen LogP contribution in [0, 0.1) is 0 Å². The summed E-state index contributed by atoms with van der Waals surface area (Å²) in [4.78, 5) is 20.3. The van der Waals surface area contributed by atoms with Gasteiger partial charge < -0.3 is 15.0 Å². The number of carbonyl (C=O) groups is 1. The van der Waals surface area contributed by atoms with Crippen molar-refractivity contribution >= 4 is 6.03 Å².